The Morgan fingerprint density at radius 1 is 1.00 bits per heavy atom. The molecule has 0 amide bonds. The highest BCUT2D eigenvalue weighted by atomic mass is 36.0. The molecule has 34 heavy (non-hydrogen) atoms. The maximum absolute atomic E-state index is 13.6. The third-order valence-electron chi connectivity index (χ3n) is 5.27. The zero-order valence-corrected chi connectivity index (χ0v) is 20.5. The Hall–Kier alpha value is -3.34. The van der Waals surface area contributed by atoms with Gasteiger partial charge in [-0.05, 0) is 37.1 Å². The summed E-state index contributed by atoms with van der Waals surface area (Å²) in [4.78, 5) is 31.1. The monoisotopic (exact) mass is 515 g/mol. The molecule has 3 heterocycles. The van der Waals surface area contributed by atoms with Crippen LogP contribution >= 0.6 is 21.4 Å². The van der Waals surface area contributed by atoms with Crippen molar-refractivity contribution in [3.8, 4) is 5.69 Å². The molecule has 0 unspecified atom stereocenters. The molecule has 0 aliphatic carbocycles. The van der Waals surface area contributed by atoms with Crippen LogP contribution in [0, 0.1) is 13.8 Å². The molecule has 2 N–H and O–H groups in total. The van der Waals surface area contributed by atoms with Gasteiger partial charge in [-0.1, -0.05) is 30.3 Å². The molecule has 9 nitrogen and oxygen atoms in total. The number of rotatable bonds is 3. The predicted molar refractivity (Wildman–Crippen MR) is 135 cm³/mol. The average Bonchev–Trinajstić information content (AvgIpc) is 3.18. The molecule has 12 heteroatoms. The van der Waals surface area contributed by atoms with E-state index in [4.69, 9.17) is 14.9 Å². The predicted octanol–water partition coefficient (Wildman–Crippen LogP) is 3.82. The SMILES string of the molecule is Cc1ccccc1-n1c(Cn2cnc3c(N)ncnc32)nc2cccc(C)c2c1=O.O=S(Cl)Cl. The Bertz CT molecular complexity index is 1600. The lowest BCUT2D eigenvalue weighted by Crippen LogP contribution is -2.26. The Kier molecular flexibility index (Phi) is 6.92. The maximum Gasteiger partial charge on any atom is 0.266 e. The van der Waals surface area contributed by atoms with Gasteiger partial charge in [0.05, 0.1) is 29.5 Å². The van der Waals surface area contributed by atoms with Crippen LogP contribution in [-0.2, 0) is 15.8 Å². The van der Waals surface area contributed by atoms with Gasteiger partial charge in [0.2, 0.25) is 9.23 Å². The van der Waals surface area contributed by atoms with Crippen molar-refractivity contribution in [3.63, 3.8) is 0 Å². The molecule has 0 fully saturated rings. The normalized spacial score (nSPS) is 11.1. The molecule has 2 aromatic carbocycles. The molecular formula is C22H19Cl2N7O2S. The summed E-state index contributed by atoms with van der Waals surface area (Å²) in [6.07, 6.45) is 3.05. The van der Waals surface area contributed by atoms with Crippen molar-refractivity contribution in [1.82, 2.24) is 29.1 Å². The number of nitrogens with zero attached hydrogens (tertiary/aromatic N) is 6. The zero-order valence-electron chi connectivity index (χ0n) is 18.1. The number of aromatic nitrogens is 6. The van der Waals surface area contributed by atoms with E-state index < -0.39 is 9.23 Å². The summed E-state index contributed by atoms with van der Waals surface area (Å²) >= 11 is 0. The fourth-order valence-electron chi connectivity index (χ4n) is 3.78. The van der Waals surface area contributed by atoms with Gasteiger partial charge in [0.15, 0.2) is 11.5 Å². The van der Waals surface area contributed by atoms with Crippen LogP contribution in [0.2, 0.25) is 0 Å². The van der Waals surface area contributed by atoms with E-state index in [1.165, 1.54) is 6.33 Å². The Labute approximate surface area is 205 Å². The first-order valence-corrected chi connectivity index (χ1v) is 12.8. The molecule has 0 spiro atoms. The highest BCUT2D eigenvalue weighted by molar-refractivity contribution is 8.26. The third kappa shape index (κ3) is 4.65. The van der Waals surface area contributed by atoms with Crippen molar-refractivity contribution in [2.45, 2.75) is 20.4 Å². The molecule has 0 bridgehead atoms. The number of hydrogen-bond donors (Lipinski definition) is 1. The summed E-state index contributed by atoms with van der Waals surface area (Å²) < 4.78 is 12.6. The number of imidazole rings is 1. The van der Waals surface area contributed by atoms with E-state index >= 15 is 0 Å². The molecule has 0 saturated carbocycles. The second-order valence-corrected chi connectivity index (χ2v) is 9.94. The molecule has 3 aromatic heterocycles. The Morgan fingerprint density at radius 3 is 2.44 bits per heavy atom. The van der Waals surface area contributed by atoms with Gasteiger partial charge in [0, 0.05) is 21.4 Å². The van der Waals surface area contributed by atoms with Crippen molar-refractivity contribution >= 4 is 58.5 Å². The van der Waals surface area contributed by atoms with Gasteiger partial charge in [-0.3, -0.25) is 9.36 Å². The number of para-hydroxylation sites is 1. The number of benzene rings is 2. The average molecular weight is 516 g/mol. The first-order valence-electron chi connectivity index (χ1n) is 10.0. The highest BCUT2D eigenvalue weighted by Gasteiger charge is 2.17. The van der Waals surface area contributed by atoms with E-state index in [1.807, 2.05) is 60.9 Å². The van der Waals surface area contributed by atoms with Crippen LogP contribution in [0.4, 0.5) is 5.82 Å². The number of anilines is 1. The summed E-state index contributed by atoms with van der Waals surface area (Å²) in [7, 11) is 7.36. The second kappa shape index (κ2) is 9.88. The molecule has 0 radical (unpaired) electrons. The first-order chi connectivity index (χ1) is 16.3. The van der Waals surface area contributed by atoms with Gasteiger partial charge < -0.3 is 10.3 Å². The van der Waals surface area contributed by atoms with Crippen LogP contribution in [0.1, 0.15) is 17.0 Å². The molecule has 0 saturated heterocycles. The van der Waals surface area contributed by atoms with E-state index in [1.54, 1.807) is 10.9 Å². The van der Waals surface area contributed by atoms with Crippen LogP contribution in [-0.4, -0.2) is 33.3 Å². The molecule has 0 atom stereocenters. The number of nitrogens with two attached hydrogens (primary N) is 1. The maximum atomic E-state index is 13.6. The molecule has 5 rings (SSSR count). The van der Waals surface area contributed by atoms with E-state index in [9.17, 15) is 4.79 Å². The van der Waals surface area contributed by atoms with E-state index in [2.05, 4.69) is 36.3 Å². The van der Waals surface area contributed by atoms with Crippen LogP contribution in [0.5, 0.6) is 0 Å². The summed E-state index contributed by atoms with van der Waals surface area (Å²) in [5.74, 6) is 0.904. The molecule has 0 aliphatic heterocycles. The van der Waals surface area contributed by atoms with Crippen molar-refractivity contribution in [2.24, 2.45) is 0 Å². The summed E-state index contributed by atoms with van der Waals surface area (Å²) in [6.45, 7) is 4.21. The molecule has 5 aromatic rings. The minimum absolute atomic E-state index is 0.0963. The van der Waals surface area contributed by atoms with Crippen molar-refractivity contribution < 1.29 is 4.21 Å². The van der Waals surface area contributed by atoms with Crippen LogP contribution < -0.4 is 11.3 Å². The minimum atomic E-state index is -1.67. The van der Waals surface area contributed by atoms with E-state index in [0.717, 1.165) is 16.8 Å². The first kappa shape index (κ1) is 23.8. The van der Waals surface area contributed by atoms with Crippen molar-refractivity contribution in [1.29, 1.82) is 0 Å². The van der Waals surface area contributed by atoms with Crippen LogP contribution in [0.25, 0.3) is 27.8 Å². The van der Waals surface area contributed by atoms with Gasteiger partial charge in [0.1, 0.15) is 17.7 Å². The number of halogens is 2. The third-order valence-corrected chi connectivity index (χ3v) is 5.27. The summed E-state index contributed by atoms with van der Waals surface area (Å²) in [5, 5.41) is 0.617. The zero-order chi connectivity index (χ0) is 24.4. The van der Waals surface area contributed by atoms with Crippen molar-refractivity contribution in [2.75, 3.05) is 5.73 Å². The number of fused-ring (bicyclic) bond motifs is 2. The number of hydrogen-bond acceptors (Lipinski definition) is 7. The van der Waals surface area contributed by atoms with Gasteiger partial charge >= 0.3 is 0 Å². The standard InChI is InChI=1S/C22H19N7O.Cl2OS/c1-13-6-3-4-9-16(13)29-17(27-15-8-5-7-14(2)18(15)22(29)30)10-28-12-26-19-20(23)24-11-25-21(19)28;1-4(2)3/h3-9,11-12H,10H2,1-2H3,(H2,23,24,25);. The summed E-state index contributed by atoms with van der Waals surface area (Å²) in [6, 6.07) is 13.5. The lowest BCUT2D eigenvalue weighted by atomic mass is 10.1. The van der Waals surface area contributed by atoms with Crippen LogP contribution in [0.15, 0.2) is 59.9 Å². The van der Waals surface area contributed by atoms with Gasteiger partial charge in [0.25, 0.3) is 5.56 Å². The second-order valence-electron chi connectivity index (χ2n) is 7.41. The Morgan fingerprint density at radius 2 is 1.71 bits per heavy atom. The van der Waals surface area contributed by atoms with E-state index in [-0.39, 0.29) is 5.56 Å². The lowest BCUT2D eigenvalue weighted by molar-refractivity contribution is 0.698. The smallest absolute Gasteiger partial charge is 0.266 e. The largest absolute Gasteiger partial charge is 0.382 e. The number of nitrogen functional groups attached to an aromatic ring is 1. The number of aryl methyl sites for hydroxylation is 2. The molecular weight excluding hydrogens is 497 g/mol. The fourth-order valence-corrected chi connectivity index (χ4v) is 3.78. The van der Waals surface area contributed by atoms with Crippen molar-refractivity contribution in [3.05, 3.63) is 82.4 Å². The molecule has 174 valence electrons. The Balaban J connectivity index is 0.000000636. The molecule has 0 aliphatic rings. The van der Waals surface area contributed by atoms with Gasteiger partial charge in [-0.25, -0.2) is 24.1 Å². The fraction of sp³-hybridized carbons (Fsp3) is 0.136. The van der Waals surface area contributed by atoms with E-state index in [0.29, 0.717) is 40.3 Å². The minimum Gasteiger partial charge on any atom is -0.382 e. The van der Waals surface area contributed by atoms with Crippen LogP contribution in [0.3, 0.4) is 0 Å². The topological polar surface area (TPSA) is 122 Å². The van der Waals surface area contributed by atoms with Gasteiger partial charge in [-0.15, -0.1) is 0 Å². The quantitative estimate of drug-likeness (QED) is 0.362. The van der Waals surface area contributed by atoms with Gasteiger partial charge in [-0.2, -0.15) is 0 Å². The summed E-state index contributed by atoms with van der Waals surface area (Å²) in [5.41, 5.74) is 10.3. The lowest BCUT2D eigenvalue weighted by Gasteiger charge is -2.16. The highest BCUT2D eigenvalue weighted by Crippen LogP contribution is 2.20.